The zero-order valence-electron chi connectivity index (χ0n) is 13.7. The van der Waals surface area contributed by atoms with E-state index in [1.165, 1.54) is 5.56 Å². The van der Waals surface area contributed by atoms with E-state index in [2.05, 4.69) is 43.1 Å². The molecule has 1 saturated heterocycles. The monoisotopic (exact) mass is 297 g/mol. The number of aromatic nitrogens is 2. The number of benzene rings is 1. The number of likely N-dealkylation sites (tertiary alicyclic amines) is 1. The van der Waals surface area contributed by atoms with Crippen LogP contribution in [0.1, 0.15) is 41.5 Å². The fourth-order valence-corrected chi connectivity index (χ4v) is 3.53. The maximum Gasteiger partial charge on any atom is 0.272 e. The molecule has 0 saturated carbocycles. The number of carbonyl (C=O) groups excluding carboxylic acids is 1. The molecule has 0 N–H and O–H groups in total. The molecule has 116 valence electrons. The highest BCUT2D eigenvalue weighted by atomic mass is 16.2. The summed E-state index contributed by atoms with van der Waals surface area (Å²) in [6.45, 7) is 7.92. The summed E-state index contributed by atoms with van der Waals surface area (Å²) < 4.78 is 1.82. The topological polar surface area (TPSA) is 38.1 Å². The van der Waals surface area contributed by atoms with Gasteiger partial charge in [-0.3, -0.25) is 4.79 Å². The normalized spacial score (nSPS) is 20.4. The lowest BCUT2D eigenvalue weighted by atomic mass is 9.78. The number of amides is 1. The molecule has 4 nitrogen and oxygen atoms in total. The maximum atomic E-state index is 12.9. The summed E-state index contributed by atoms with van der Waals surface area (Å²) in [5.41, 5.74) is 2.88. The number of rotatable bonds is 2. The highest BCUT2D eigenvalue weighted by Gasteiger charge is 2.42. The van der Waals surface area contributed by atoms with Crippen molar-refractivity contribution < 1.29 is 4.79 Å². The molecular weight excluding hydrogens is 274 g/mol. The summed E-state index contributed by atoms with van der Waals surface area (Å²) in [5.74, 6) is 0.454. The Morgan fingerprint density at radius 3 is 2.55 bits per heavy atom. The number of carbonyl (C=O) groups is 1. The van der Waals surface area contributed by atoms with Crippen LogP contribution in [0.5, 0.6) is 0 Å². The SMILES string of the molecule is Cc1ncn(C)c1C(=O)N1CC(c2ccccc2)C(C)(C)C1. The largest absolute Gasteiger partial charge is 0.336 e. The predicted octanol–water partition coefficient (Wildman–Crippen LogP) is 2.99. The van der Waals surface area contributed by atoms with Crippen LogP contribution in [0, 0.1) is 12.3 Å². The number of aryl methyl sites for hydroxylation is 2. The van der Waals surface area contributed by atoms with E-state index in [1.807, 2.05) is 29.5 Å². The van der Waals surface area contributed by atoms with Gasteiger partial charge < -0.3 is 9.47 Å². The average Bonchev–Trinajstić information content (AvgIpc) is 2.98. The molecule has 0 aliphatic carbocycles. The van der Waals surface area contributed by atoms with Crippen molar-refractivity contribution in [2.75, 3.05) is 13.1 Å². The molecule has 1 amide bonds. The predicted molar refractivity (Wildman–Crippen MR) is 86.8 cm³/mol. The Kier molecular flexibility index (Phi) is 3.55. The van der Waals surface area contributed by atoms with Gasteiger partial charge in [-0.2, -0.15) is 0 Å². The van der Waals surface area contributed by atoms with Gasteiger partial charge in [-0.1, -0.05) is 44.2 Å². The van der Waals surface area contributed by atoms with Crippen LogP contribution in [-0.4, -0.2) is 33.4 Å². The smallest absolute Gasteiger partial charge is 0.272 e. The van der Waals surface area contributed by atoms with Gasteiger partial charge in [0.1, 0.15) is 5.69 Å². The molecule has 0 bridgehead atoms. The van der Waals surface area contributed by atoms with Crippen molar-refractivity contribution in [2.45, 2.75) is 26.7 Å². The van der Waals surface area contributed by atoms with Crippen molar-refractivity contribution in [1.82, 2.24) is 14.5 Å². The lowest BCUT2D eigenvalue weighted by Gasteiger charge is -2.25. The van der Waals surface area contributed by atoms with E-state index in [-0.39, 0.29) is 11.3 Å². The van der Waals surface area contributed by atoms with Crippen LogP contribution in [0.3, 0.4) is 0 Å². The molecule has 4 heteroatoms. The van der Waals surface area contributed by atoms with E-state index in [1.54, 1.807) is 6.33 Å². The van der Waals surface area contributed by atoms with Crippen molar-refractivity contribution in [3.8, 4) is 0 Å². The van der Waals surface area contributed by atoms with Crippen molar-refractivity contribution in [3.05, 3.63) is 53.6 Å². The second-order valence-electron chi connectivity index (χ2n) is 6.93. The van der Waals surface area contributed by atoms with Gasteiger partial charge in [-0.25, -0.2) is 4.98 Å². The molecule has 1 aliphatic heterocycles. The molecule has 2 heterocycles. The molecular formula is C18H23N3O. The molecule has 1 aromatic carbocycles. The maximum absolute atomic E-state index is 12.9. The van der Waals surface area contributed by atoms with E-state index in [0.717, 1.165) is 18.8 Å². The molecule has 3 rings (SSSR count). The first-order valence-electron chi connectivity index (χ1n) is 7.72. The third kappa shape index (κ3) is 2.43. The Morgan fingerprint density at radius 2 is 1.95 bits per heavy atom. The first-order chi connectivity index (χ1) is 10.4. The minimum absolute atomic E-state index is 0.0729. The minimum Gasteiger partial charge on any atom is -0.336 e. The van der Waals surface area contributed by atoms with Crippen molar-refractivity contribution in [1.29, 1.82) is 0 Å². The second kappa shape index (κ2) is 5.27. The molecule has 0 spiro atoms. The van der Waals surface area contributed by atoms with Gasteiger partial charge in [0.05, 0.1) is 12.0 Å². The molecule has 1 atom stereocenters. The van der Waals surface area contributed by atoms with Crippen LogP contribution in [0.2, 0.25) is 0 Å². The zero-order valence-corrected chi connectivity index (χ0v) is 13.7. The zero-order chi connectivity index (χ0) is 15.9. The van der Waals surface area contributed by atoms with Crippen molar-refractivity contribution in [3.63, 3.8) is 0 Å². The first kappa shape index (κ1) is 14.8. The summed E-state index contributed by atoms with van der Waals surface area (Å²) in [6, 6.07) is 10.5. The second-order valence-corrected chi connectivity index (χ2v) is 6.93. The molecule has 1 unspecified atom stereocenters. The number of hydrogen-bond acceptors (Lipinski definition) is 2. The molecule has 1 aromatic heterocycles. The fraction of sp³-hybridized carbons (Fsp3) is 0.444. The van der Waals surface area contributed by atoms with Crippen LogP contribution in [0.25, 0.3) is 0 Å². The highest BCUT2D eigenvalue weighted by Crippen LogP contribution is 2.42. The Balaban J connectivity index is 1.88. The highest BCUT2D eigenvalue weighted by molar-refractivity contribution is 5.94. The fourth-order valence-electron chi connectivity index (χ4n) is 3.53. The molecule has 1 aliphatic rings. The summed E-state index contributed by atoms with van der Waals surface area (Å²) in [4.78, 5) is 19.1. The molecule has 22 heavy (non-hydrogen) atoms. The lowest BCUT2D eigenvalue weighted by molar-refractivity contribution is 0.0767. The summed E-state index contributed by atoms with van der Waals surface area (Å²) in [7, 11) is 1.88. The average molecular weight is 297 g/mol. The van der Waals surface area contributed by atoms with E-state index < -0.39 is 0 Å². The van der Waals surface area contributed by atoms with Gasteiger partial charge in [-0.15, -0.1) is 0 Å². The van der Waals surface area contributed by atoms with Gasteiger partial charge in [0, 0.05) is 26.1 Å². The molecule has 2 aromatic rings. The Labute approximate surface area is 131 Å². The first-order valence-corrected chi connectivity index (χ1v) is 7.72. The van der Waals surface area contributed by atoms with E-state index in [9.17, 15) is 4.79 Å². The Hall–Kier alpha value is -2.10. The summed E-state index contributed by atoms with van der Waals surface area (Å²) in [6.07, 6.45) is 1.71. The number of imidazole rings is 1. The van der Waals surface area contributed by atoms with Gasteiger partial charge in [0.15, 0.2) is 0 Å². The third-order valence-electron chi connectivity index (χ3n) is 4.76. The number of nitrogens with zero attached hydrogens (tertiary/aromatic N) is 3. The van der Waals surface area contributed by atoms with Gasteiger partial charge >= 0.3 is 0 Å². The molecule has 0 radical (unpaired) electrons. The minimum atomic E-state index is 0.0729. The van der Waals surface area contributed by atoms with Crippen LogP contribution in [0.4, 0.5) is 0 Å². The van der Waals surface area contributed by atoms with Gasteiger partial charge in [-0.05, 0) is 17.9 Å². The lowest BCUT2D eigenvalue weighted by Crippen LogP contribution is -2.32. The number of hydrogen-bond donors (Lipinski definition) is 0. The van der Waals surface area contributed by atoms with Crippen molar-refractivity contribution >= 4 is 5.91 Å². The van der Waals surface area contributed by atoms with Crippen molar-refractivity contribution in [2.24, 2.45) is 12.5 Å². The third-order valence-corrected chi connectivity index (χ3v) is 4.76. The quantitative estimate of drug-likeness (QED) is 0.854. The van der Waals surface area contributed by atoms with E-state index in [0.29, 0.717) is 11.6 Å². The standard InChI is InChI=1S/C18H23N3O/c1-13-16(20(4)12-19-13)17(22)21-10-15(18(2,3)11-21)14-8-6-5-7-9-14/h5-9,12,15H,10-11H2,1-4H3. The van der Waals surface area contributed by atoms with Crippen LogP contribution >= 0.6 is 0 Å². The van der Waals surface area contributed by atoms with Crippen LogP contribution in [-0.2, 0) is 7.05 Å². The summed E-state index contributed by atoms with van der Waals surface area (Å²) in [5, 5.41) is 0. The van der Waals surface area contributed by atoms with Gasteiger partial charge in [0.2, 0.25) is 0 Å². The Bertz CT molecular complexity index is 668. The van der Waals surface area contributed by atoms with Crippen LogP contribution < -0.4 is 0 Å². The summed E-state index contributed by atoms with van der Waals surface area (Å²) >= 11 is 0. The van der Waals surface area contributed by atoms with Crippen LogP contribution in [0.15, 0.2) is 36.7 Å². The van der Waals surface area contributed by atoms with E-state index >= 15 is 0 Å². The van der Waals surface area contributed by atoms with Gasteiger partial charge in [0.25, 0.3) is 5.91 Å². The van der Waals surface area contributed by atoms with E-state index in [4.69, 9.17) is 0 Å². The Morgan fingerprint density at radius 1 is 1.27 bits per heavy atom. The molecule has 1 fully saturated rings.